The van der Waals surface area contributed by atoms with Crippen molar-refractivity contribution in [1.82, 2.24) is 0 Å². The molecular weight excluding hydrogens is 1110 g/mol. The predicted molar refractivity (Wildman–Crippen MR) is 284 cm³/mol. The molecule has 0 aromatic heterocycles. The van der Waals surface area contributed by atoms with Crippen molar-refractivity contribution < 1.29 is 113 Å². The third kappa shape index (κ3) is 15.4. The lowest BCUT2D eigenvalue weighted by Crippen LogP contribution is -2.66. The fraction of sp³-hybridized carbons (Fsp3) is 0.960. The number of hydrogen-bond acceptors (Lipinski definition) is 33. The number of aliphatic hydroxyl groups is 11. The minimum absolute atomic E-state index is 0.0831. The molecule has 6 heterocycles. The SMILES string of the molecule is C[C@H](N)[C@@H]1C=C[C@@H](N)[C@@H](O[C@H]2[C@H](O[C@@H]3O[C@H](CO)[C@@H](OC4O[C@@H](CN)[C@@H](O)[C@H](O)[C@H]4C)[C@H]3O)[C@@H](O)[C@H](N)C[C@@H]2N)O1.C[C@H](N)[C@@H]1C[C@@H](O)[C@@H](N)[C@@H](O[C@H]2[C@H](O[C@@H]3O[C@H](CO)[C@@H](OC4O[C@@H](CN)[C@@H](O)[C@H](O)[C@H]4C)[C@H]3O)[C@@H](O)[C@H](N)C[C@@H]2N)O1. The van der Waals surface area contributed by atoms with E-state index in [0.717, 1.165) is 0 Å². The van der Waals surface area contributed by atoms with E-state index in [1.165, 1.54) is 0 Å². The summed E-state index contributed by atoms with van der Waals surface area (Å²) in [5.74, 6) is -1.43. The van der Waals surface area contributed by atoms with E-state index in [0.29, 0.717) is 0 Å². The molecule has 2 saturated carbocycles. The van der Waals surface area contributed by atoms with Crippen LogP contribution in [-0.2, 0) is 56.8 Å². The van der Waals surface area contributed by atoms with Gasteiger partial charge in [0.25, 0.3) is 0 Å². The van der Waals surface area contributed by atoms with Crippen LogP contribution in [0, 0.1) is 11.8 Å². The minimum atomic E-state index is -1.52. The van der Waals surface area contributed by atoms with Gasteiger partial charge in [-0.05, 0) is 26.7 Å². The van der Waals surface area contributed by atoms with Gasteiger partial charge in [-0.1, -0.05) is 26.0 Å². The minimum Gasteiger partial charge on any atom is -0.394 e. The van der Waals surface area contributed by atoms with E-state index in [1.54, 1.807) is 39.8 Å². The molecule has 2 unspecified atom stereocenters. The second-order valence-electron chi connectivity index (χ2n) is 23.5. The molecule has 31 N–H and O–H groups in total. The van der Waals surface area contributed by atoms with Gasteiger partial charge < -0.3 is 170 Å². The summed E-state index contributed by atoms with van der Waals surface area (Å²) in [5, 5.41) is 116. The maximum absolute atomic E-state index is 11.2. The van der Waals surface area contributed by atoms with E-state index in [1.807, 2.05) is 0 Å². The van der Waals surface area contributed by atoms with Crippen LogP contribution < -0.4 is 57.3 Å². The smallest absolute Gasteiger partial charge is 0.187 e. The molecule has 5 saturated heterocycles. The first kappa shape index (κ1) is 68.9. The summed E-state index contributed by atoms with van der Waals surface area (Å²) in [4.78, 5) is 0. The van der Waals surface area contributed by atoms with Crippen LogP contribution >= 0.6 is 0 Å². The standard InChI is InChI=1S/C25H49N5O12.C25H47N5O11/c1-7-16(33)18(35)13(5-26)38-23(7)41-21-14(6-31)39-25(19(21)36)42-22-17(34)9(28)3-10(29)20(22)40-24-15(30)11(32)4-12(37-24)8(2)27;1-8-16(32)18(34)14(6-26)37-23(8)40-21-15(7-31)38-25(19(21)35)41-22-17(33)11(29)5-12(30)20(22)39-24-10(28)3-4-13(36-24)9(2)27/h7-25,31-36H,3-6,26-30H2,1-2H3;3-4,8-25,31-35H,5-7,26-30H2,1-2H3/t7-,8+,9-,10+,11-,12+,13+,14-,15-,16-,17+,18-,19-,20-,21-,22-,23?,24-,25+;8-,9+,10-,11-,12+,13+,14+,15-,16-,17+,18-,19-,20-,21-,22-,23?,24-,25+/m11/s1. The number of nitrogens with two attached hydrogens (primary N) is 10. The summed E-state index contributed by atoms with van der Waals surface area (Å²) in [6.07, 6.45) is -26.5. The van der Waals surface area contributed by atoms with Gasteiger partial charge in [0.1, 0.15) is 85.5 Å². The zero-order chi connectivity index (χ0) is 61.2. The Morgan fingerprint density at radius 2 is 0.819 bits per heavy atom. The van der Waals surface area contributed by atoms with Crippen LogP contribution in [0.2, 0.25) is 0 Å². The maximum atomic E-state index is 11.2. The van der Waals surface area contributed by atoms with Crippen LogP contribution in [0.5, 0.6) is 0 Å². The van der Waals surface area contributed by atoms with Crippen molar-refractivity contribution in [3.05, 3.63) is 12.2 Å². The zero-order valence-corrected chi connectivity index (χ0v) is 47.1. The maximum Gasteiger partial charge on any atom is 0.187 e. The molecule has 7 fully saturated rings. The lowest BCUT2D eigenvalue weighted by Gasteiger charge is -2.46. The first-order valence-electron chi connectivity index (χ1n) is 28.5. The topological polar surface area (TPSA) is 593 Å². The van der Waals surface area contributed by atoms with Gasteiger partial charge in [0.2, 0.25) is 0 Å². The summed E-state index contributed by atoms with van der Waals surface area (Å²) < 4.78 is 71.1. The van der Waals surface area contributed by atoms with Crippen LogP contribution in [0.15, 0.2) is 12.2 Å². The summed E-state index contributed by atoms with van der Waals surface area (Å²) in [6, 6.07) is -5.44. The highest BCUT2D eigenvalue weighted by Gasteiger charge is 2.56. The monoisotopic (exact) mass is 1200 g/mol. The average Bonchev–Trinajstić information content (AvgIpc) is 4.09. The van der Waals surface area contributed by atoms with Gasteiger partial charge >= 0.3 is 0 Å². The molecule has 37 atom stereocenters. The molecule has 0 spiro atoms. The highest BCUT2D eigenvalue weighted by atomic mass is 16.8. The Morgan fingerprint density at radius 1 is 0.422 bits per heavy atom. The van der Waals surface area contributed by atoms with Gasteiger partial charge in [0.15, 0.2) is 37.7 Å². The summed E-state index contributed by atoms with van der Waals surface area (Å²) in [6.45, 7) is 5.36. The van der Waals surface area contributed by atoms with Gasteiger partial charge in [-0.3, -0.25) is 0 Å². The number of hydrogen-bond donors (Lipinski definition) is 21. The van der Waals surface area contributed by atoms with Crippen LogP contribution in [0.25, 0.3) is 0 Å². The molecule has 0 radical (unpaired) electrons. The molecule has 6 aliphatic heterocycles. The van der Waals surface area contributed by atoms with Crippen LogP contribution in [-0.4, -0.2) is 297 Å². The molecular formula is C50H96N10O23. The van der Waals surface area contributed by atoms with E-state index in [4.69, 9.17) is 114 Å². The van der Waals surface area contributed by atoms with Gasteiger partial charge in [-0.2, -0.15) is 0 Å². The van der Waals surface area contributed by atoms with Crippen LogP contribution in [0.4, 0.5) is 0 Å². The Labute approximate surface area is 480 Å². The third-order valence-electron chi connectivity index (χ3n) is 17.1. The number of rotatable bonds is 18. The molecule has 33 nitrogen and oxygen atoms in total. The molecule has 0 bridgehead atoms. The Hall–Kier alpha value is -1.58. The quantitative estimate of drug-likeness (QED) is 0.0567. The summed E-state index contributed by atoms with van der Waals surface area (Å²) >= 11 is 0. The molecule has 33 heteroatoms. The van der Waals surface area contributed by atoms with E-state index < -0.39 is 233 Å². The molecule has 83 heavy (non-hydrogen) atoms. The molecule has 484 valence electrons. The fourth-order valence-electron chi connectivity index (χ4n) is 11.6. The van der Waals surface area contributed by atoms with Crippen molar-refractivity contribution in [2.45, 2.75) is 261 Å². The van der Waals surface area contributed by atoms with Crippen molar-refractivity contribution in [1.29, 1.82) is 0 Å². The lowest BCUT2D eigenvalue weighted by atomic mass is 9.84. The van der Waals surface area contributed by atoms with Gasteiger partial charge in [-0.15, -0.1) is 0 Å². The van der Waals surface area contributed by atoms with Gasteiger partial charge in [0, 0.05) is 67.6 Å². The van der Waals surface area contributed by atoms with Crippen molar-refractivity contribution in [2.24, 2.45) is 69.2 Å². The molecule has 0 aromatic rings. The molecule has 2 aliphatic carbocycles. The molecule has 8 aliphatic rings. The van der Waals surface area contributed by atoms with Crippen LogP contribution in [0.1, 0.15) is 47.0 Å². The van der Waals surface area contributed by atoms with E-state index in [-0.39, 0.29) is 38.4 Å². The second-order valence-corrected chi connectivity index (χ2v) is 23.5. The number of aliphatic hydroxyl groups excluding tert-OH is 11. The highest BCUT2D eigenvalue weighted by molar-refractivity contribution is 5.07. The van der Waals surface area contributed by atoms with Crippen molar-refractivity contribution in [3.8, 4) is 0 Å². The summed E-state index contributed by atoms with van der Waals surface area (Å²) in [5.41, 5.74) is 60.6. The van der Waals surface area contributed by atoms with Crippen molar-refractivity contribution in [2.75, 3.05) is 26.3 Å². The Bertz CT molecular complexity index is 2010. The lowest BCUT2D eigenvalue weighted by molar-refractivity contribution is -0.299. The molecule has 8 rings (SSSR count). The van der Waals surface area contributed by atoms with E-state index in [2.05, 4.69) is 0 Å². The Kier molecular flexibility index (Phi) is 24.8. The van der Waals surface area contributed by atoms with E-state index in [9.17, 15) is 56.2 Å². The van der Waals surface area contributed by atoms with Crippen molar-refractivity contribution >= 4 is 0 Å². The second kappa shape index (κ2) is 29.8. The third-order valence-corrected chi connectivity index (χ3v) is 17.1. The van der Waals surface area contributed by atoms with Crippen LogP contribution in [0.3, 0.4) is 0 Å². The first-order valence-corrected chi connectivity index (χ1v) is 28.5. The number of ether oxygens (including phenoxy) is 12. The normalized spacial score (nSPS) is 52.2. The van der Waals surface area contributed by atoms with Gasteiger partial charge in [-0.25, -0.2) is 0 Å². The predicted octanol–water partition coefficient (Wildman–Crippen LogP) is -11.5. The van der Waals surface area contributed by atoms with Gasteiger partial charge in [0.05, 0.1) is 68.0 Å². The highest BCUT2D eigenvalue weighted by Crippen LogP contribution is 2.38. The Balaban J connectivity index is 0.000000239. The summed E-state index contributed by atoms with van der Waals surface area (Å²) in [7, 11) is 0. The average molecular weight is 1210 g/mol. The molecule has 0 aromatic carbocycles. The molecule has 0 amide bonds. The largest absolute Gasteiger partial charge is 0.394 e. The fourth-order valence-corrected chi connectivity index (χ4v) is 11.6. The zero-order valence-electron chi connectivity index (χ0n) is 47.1. The van der Waals surface area contributed by atoms with Crippen molar-refractivity contribution in [3.63, 3.8) is 0 Å². The van der Waals surface area contributed by atoms with E-state index >= 15 is 0 Å². The first-order chi connectivity index (χ1) is 39.1. The Morgan fingerprint density at radius 3 is 1.22 bits per heavy atom.